The van der Waals surface area contributed by atoms with Gasteiger partial charge in [0.05, 0.1) is 5.69 Å². The molecule has 100 valence electrons. The van der Waals surface area contributed by atoms with Gasteiger partial charge < -0.3 is 0 Å². The lowest BCUT2D eigenvalue weighted by molar-refractivity contribution is 0.112. The van der Waals surface area contributed by atoms with Crippen LogP contribution < -0.4 is 0 Å². The van der Waals surface area contributed by atoms with Gasteiger partial charge in [-0.25, -0.2) is 9.97 Å². The maximum atomic E-state index is 10.7. The Kier molecular flexibility index (Phi) is 4.16. The summed E-state index contributed by atoms with van der Waals surface area (Å²) in [6, 6.07) is 9.99. The monoisotopic (exact) mass is 338 g/mol. The average molecular weight is 339 g/mol. The zero-order chi connectivity index (χ0) is 13.9. The minimum absolute atomic E-state index is 0.257. The van der Waals surface area contributed by atoms with Crippen LogP contribution in [0.4, 0.5) is 0 Å². The first-order chi connectivity index (χ1) is 9.76. The van der Waals surface area contributed by atoms with Gasteiger partial charge in [-0.05, 0) is 11.8 Å². The highest BCUT2D eigenvalue weighted by atomic mass is 35.5. The standard InChI is InChI=1S/C13H7ClN2OS3/c14-11-10(6-17)19-13(16-11)20-12-15-9(7-18-12)8-4-2-1-3-5-8/h1-7H. The molecule has 0 atom stereocenters. The molecule has 0 radical (unpaired) electrons. The molecule has 0 bridgehead atoms. The molecular formula is C13H7ClN2OS3. The molecule has 1 aromatic carbocycles. The van der Waals surface area contributed by atoms with Crippen molar-refractivity contribution in [1.82, 2.24) is 9.97 Å². The van der Waals surface area contributed by atoms with Crippen molar-refractivity contribution in [3.8, 4) is 11.3 Å². The highest BCUT2D eigenvalue weighted by Gasteiger charge is 2.12. The molecule has 3 aromatic rings. The number of nitrogens with zero attached hydrogens (tertiary/aromatic N) is 2. The van der Waals surface area contributed by atoms with Crippen LogP contribution in [0.25, 0.3) is 11.3 Å². The number of rotatable bonds is 4. The van der Waals surface area contributed by atoms with E-state index in [1.54, 1.807) is 11.3 Å². The van der Waals surface area contributed by atoms with E-state index in [0.717, 1.165) is 26.2 Å². The second-order valence-corrected chi connectivity index (χ2v) is 7.46. The molecule has 0 aliphatic carbocycles. The molecule has 2 heterocycles. The molecule has 0 saturated heterocycles. The zero-order valence-corrected chi connectivity index (χ0v) is 13.2. The van der Waals surface area contributed by atoms with E-state index in [0.29, 0.717) is 4.88 Å². The second-order valence-electron chi connectivity index (χ2n) is 3.72. The summed E-state index contributed by atoms with van der Waals surface area (Å²) in [5.74, 6) is 0. The fourth-order valence-electron chi connectivity index (χ4n) is 1.53. The normalized spacial score (nSPS) is 10.7. The van der Waals surface area contributed by atoms with Gasteiger partial charge in [-0.1, -0.05) is 41.9 Å². The van der Waals surface area contributed by atoms with Crippen LogP contribution >= 0.6 is 46.0 Å². The molecule has 0 fully saturated rings. The maximum Gasteiger partial charge on any atom is 0.163 e. The van der Waals surface area contributed by atoms with E-state index in [1.165, 1.54) is 23.1 Å². The minimum atomic E-state index is 0.257. The van der Waals surface area contributed by atoms with Gasteiger partial charge in [0, 0.05) is 10.9 Å². The Labute approximate surface area is 132 Å². The predicted octanol–water partition coefficient (Wildman–Crippen LogP) is 4.88. The molecule has 7 heteroatoms. The van der Waals surface area contributed by atoms with Gasteiger partial charge in [0.15, 0.2) is 20.1 Å². The van der Waals surface area contributed by atoms with Gasteiger partial charge in [0.2, 0.25) is 0 Å². The van der Waals surface area contributed by atoms with E-state index >= 15 is 0 Å². The molecule has 3 rings (SSSR count). The number of hydrogen-bond acceptors (Lipinski definition) is 6. The summed E-state index contributed by atoms with van der Waals surface area (Å²) in [4.78, 5) is 19.9. The summed E-state index contributed by atoms with van der Waals surface area (Å²) < 4.78 is 1.61. The third-order valence-corrected chi connectivity index (χ3v) is 5.80. The molecule has 0 amide bonds. The number of carbonyl (C=O) groups is 1. The molecule has 20 heavy (non-hydrogen) atoms. The summed E-state index contributed by atoms with van der Waals surface area (Å²) in [6.07, 6.45) is 0.724. The van der Waals surface area contributed by atoms with Crippen LogP contribution in [-0.2, 0) is 0 Å². The first kappa shape index (κ1) is 13.8. The molecular weight excluding hydrogens is 332 g/mol. The van der Waals surface area contributed by atoms with Gasteiger partial charge in [-0.15, -0.1) is 22.7 Å². The van der Waals surface area contributed by atoms with E-state index in [2.05, 4.69) is 9.97 Å². The number of halogens is 1. The molecule has 0 spiro atoms. The van der Waals surface area contributed by atoms with Crippen molar-refractivity contribution in [1.29, 1.82) is 0 Å². The van der Waals surface area contributed by atoms with E-state index in [-0.39, 0.29) is 5.15 Å². The Balaban J connectivity index is 1.82. The Morgan fingerprint density at radius 1 is 1.15 bits per heavy atom. The zero-order valence-electron chi connectivity index (χ0n) is 9.95. The van der Waals surface area contributed by atoms with Crippen molar-refractivity contribution in [3.63, 3.8) is 0 Å². The summed E-state index contributed by atoms with van der Waals surface area (Å²) in [5, 5.41) is 2.26. The lowest BCUT2D eigenvalue weighted by Crippen LogP contribution is -1.76. The van der Waals surface area contributed by atoms with Crippen LogP contribution in [0.5, 0.6) is 0 Å². The van der Waals surface area contributed by atoms with Crippen LogP contribution in [-0.4, -0.2) is 16.3 Å². The lowest BCUT2D eigenvalue weighted by Gasteiger charge is -1.94. The molecule has 0 unspecified atom stereocenters. The first-order valence-corrected chi connectivity index (χ1v) is 8.45. The molecule has 0 aliphatic rings. The van der Waals surface area contributed by atoms with Gasteiger partial charge in [-0.2, -0.15) is 0 Å². The van der Waals surface area contributed by atoms with Crippen molar-refractivity contribution in [2.75, 3.05) is 0 Å². The SMILES string of the molecule is O=Cc1sc(Sc2nc(-c3ccccc3)cs2)nc1Cl. The second kappa shape index (κ2) is 6.05. The predicted molar refractivity (Wildman–Crippen MR) is 84.2 cm³/mol. The van der Waals surface area contributed by atoms with Crippen molar-refractivity contribution in [2.24, 2.45) is 0 Å². The largest absolute Gasteiger partial charge is 0.297 e. The van der Waals surface area contributed by atoms with Crippen molar-refractivity contribution < 1.29 is 4.79 Å². The third-order valence-electron chi connectivity index (χ3n) is 2.42. The number of carbonyl (C=O) groups excluding carboxylic acids is 1. The van der Waals surface area contributed by atoms with Crippen LogP contribution in [0.2, 0.25) is 5.15 Å². The molecule has 3 nitrogen and oxygen atoms in total. The summed E-state index contributed by atoms with van der Waals surface area (Å²) in [6.45, 7) is 0. The van der Waals surface area contributed by atoms with Crippen molar-refractivity contribution in [3.05, 3.63) is 45.7 Å². The fourth-order valence-corrected chi connectivity index (χ4v) is 4.77. The van der Waals surface area contributed by atoms with E-state index in [1.807, 2.05) is 35.7 Å². The average Bonchev–Trinajstić information content (AvgIpc) is 3.07. The highest BCUT2D eigenvalue weighted by molar-refractivity contribution is 8.02. The van der Waals surface area contributed by atoms with Crippen LogP contribution in [0, 0.1) is 0 Å². The Morgan fingerprint density at radius 2 is 1.95 bits per heavy atom. The molecule has 0 N–H and O–H groups in total. The lowest BCUT2D eigenvalue weighted by atomic mass is 10.2. The molecule has 2 aromatic heterocycles. The van der Waals surface area contributed by atoms with E-state index in [9.17, 15) is 4.79 Å². The number of thiazole rings is 2. The number of benzene rings is 1. The van der Waals surface area contributed by atoms with Gasteiger partial charge >= 0.3 is 0 Å². The number of aldehydes is 1. The Morgan fingerprint density at radius 3 is 2.65 bits per heavy atom. The molecule has 0 aliphatic heterocycles. The van der Waals surface area contributed by atoms with Gasteiger partial charge in [0.25, 0.3) is 0 Å². The van der Waals surface area contributed by atoms with Crippen molar-refractivity contribution in [2.45, 2.75) is 8.68 Å². The van der Waals surface area contributed by atoms with E-state index < -0.39 is 0 Å². The van der Waals surface area contributed by atoms with Crippen LogP contribution in [0.15, 0.2) is 44.4 Å². The summed E-state index contributed by atoms with van der Waals surface area (Å²) >= 11 is 10.1. The first-order valence-electron chi connectivity index (χ1n) is 5.56. The van der Waals surface area contributed by atoms with Crippen LogP contribution in [0.1, 0.15) is 9.67 Å². The smallest absolute Gasteiger partial charge is 0.163 e. The maximum absolute atomic E-state index is 10.7. The van der Waals surface area contributed by atoms with Gasteiger partial charge in [-0.3, -0.25) is 4.79 Å². The van der Waals surface area contributed by atoms with Crippen LogP contribution in [0.3, 0.4) is 0 Å². The topological polar surface area (TPSA) is 42.9 Å². The highest BCUT2D eigenvalue weighted by Crippen LogP contribution is 2.37. The fraction of sp³-hybridized carbons (Fsp3) is 0. The third kappa shape index (κ3) is 2.93. The van der Waals surface area contributed by atoms with Gasteiger partial charge in [0.1, 0.15) is 4.88 Å². The Hall–Kier alpha value is -1.21. The summed E-state index contributed by atoms with van der Waals surface area (Å²) in [5.41, 5.74) is 2.03. The van der Waals surface area contributed by atoms with Crippen molar-refractivity contribution >= 4 is 52.3 Å². The quantitative estimate of drug-likeness (QED) is 0.635. The number of hydrogen-bond donors (Lipinski definition) is 0. The summed E-state index contributed by atoms with van der Waals surface area (Å²) in [7, 11) is 0. The van der Waals surface area contributed by atoms with E-state index in [4.69, 9.17) is 11.6 Å². The molecule has 0 saturated carbocycles. The number of aromatic nitrogens is 2. The minimum Gasteiger partial charge on any atom is -0.297 e. The Bertz CT molecular complexity index is 739.